The van der Waals surface area contributed by atoms with E-state index in [1.165, 1.54) is 12.1 Å². The molecule has 9 rings (SSSR count). The van der Waals surface area contributed by atoms with E-state index in [2.05, 4.69) is 58.6 Å². The fourth-order valence-corrected chi connectivity index (χ4v) is 12.4. The summed E-state index contributed by atoms with van der Waals surface area (Å²) in [5.41, 5.74) is 4.07. The molecule has 3 aromatic carbocycles. The quantitative estimate of drug-likeness (QED) is 0.0719. The van der Waals surface area contributed by atoms with Crippen LogP contribution in [0.2, 0.25) is 0 Å². The van der Waals surface area contributed by atoms with Crippen molar-refractivity contribution in [1.29, 1.82) is 0 Å². The number of piperazine rings is 1. The number of carbonyl (C=O) groups excluding carboxylic acids is 3. The Bertz CT molecular complexity index is 2830. The van der Waals surface area contributed by atoms with Crippen LogP contribution in [-0.4, -0.2) is 121 Å². The molecule has 15 nitrogen and oxygen atoms in total. The molecular formula is C51H60BrF2N10O5P. The first-order valence-electron chi connectivity index (χ1n) is 24.2. The third-order valence-corrected chi connectivity index (χ3v) is 16.5. The third kappa shape index (κ3) is 10.7. The Kier molecular flexibility index (Phi) is 14.9. The second-order valence-corrected chi connectivity index (χ2v) is 23.2. The number of halogens is 3. The van der Waals surface area contributed by atoms with Gasteiger partial charge in [-0.3, -0.25) is 29.6 Å². The molecule has 0 radical (unpaired) electrons. The van der Waals surface area contributed by atoms with Gasteiger partial charge in [-0.1, -0.05) is 25.1 Å². The number of imide groups is 1. The van der Waals surface area contributed by atoms with E-state index in [0.717, 1.165) is 80.6 Å². The smallest absolute Gasteiger partial charge is 0.234 e. The van der Waals surface area contributed by atoms with Crippen molar-refractivity contribution >= 4 is 91.5 Å². The number of amides is 3. The summed E-state index contributed by atoms with van der Waals surface area (Å²) in [4.78, 5) is 60.7. The van der Waals surface area contributed by atoms with Crippen molar-refractivity contribution in [2.45, 2.75) is 70.3 Å². The van der Waals surface area contributed by atoms with Gasteiger partial charge in [-0.25, -0.2) is 13.8 Å². The van der Waals surface area contributed by atoms with Gasteiger partial charge < -0.3 is 34.6 Å². The number of carbonyl (C=O) groups is 3. The number of nitrogens with one attached hydrogen (secondary N) is 3. The normalized spacial score (nSPS) is 20.0. The van der Waals surface area contributed by atoms with Crippen molar-refractivity contribution in [2.75, 3.05) is 93.2 Å². The van der Waals surface area contributed by atoms with Gasteiger partial charge in [0.15, 0.2) is 0 Å². The fraction of sp³-hybridized carbons (Fsp3) is 0.451. The van der Waals surface area contributed by atoms with E-state index in [1.807, 2.05) is 46.2 Å². The third-order valence-electron chi connectivity index (χ3n) is 14.4. The Morgan fingerprint density at radius 2 is 1.63 bits per heavy atom. The van der Waals surface area contributed by atoms with E-state index in [1.54, 1.807) is 32.8 Å². The second kappa shape index (κ2) is 21.0. The lowest BCUT2D eigenvalue weighted by Crippen LogP contribution is -2.54. The molecule has 4 aliphatic rings. The first-order chi connectivity index (χ1) is 33.7. The number of hydrogen-bond donors (Lipinski definition) is 3. The highest BCUT2D eigenvalue weighted by Gasteiger charge is 2.35. The number of hydrogen-bond acceptors (Lipinski definition) is 13. The number of ether oxygens (including phenoxy) is 1. The molecular weight excluding hydrogens is 981 g/mol. The monoisotopic (exact) mass is 1040 g/mol. The van der Waals surface area contributed by atoms with Crippen molar-refractivity contribution in [2.24, 2.45) is 5.92 Å². The molecule has 5 aromatic rings. The minimum absolute atomic E-state index is 0.0581. The summed E-state index contributed by atoms with van der Waals surface area (Å²) in [6.07, 6.45) is 8.40. The van der Waals surface area contributed by atoms with Gasteiger partial charge in [0.25, 0.3) is 0 Å². The number of aryl methyl sites for hydroxylation is 1. The van der Waals surface area contributed by atoms with Crippen LogP contribution in [0.1, 0.15) is 68.9 Å². The maximum atomic E-state index is 15.2. The van der Waals surface area contributed by atoms with Gasteiger partial charge in [0.1, 0.15) is 30.3 Å². The molecule has 3 N–H and O–H groups in total. The molecule has 370 valence electrons. The molecule has 0 spiro atoms. The summed E-state index contributed by atoms with van der Waals surface area (Å²) in [6, 6.07) is 14.4. The second-order valence-electron chi connectivity index (χ2n) is 19.2. The summed E-state index contributed by atoms with van der Waals surface area (Å²) < 4.78 is 50.6. The van der Waals surface area contributed by atoms with E-state index in [-0.39, 0.29) is 30.4 Å². The van der Waals surface area contributed by atoms with Crippen molar-refractivity contribution in [3.8, 4) is 5.75 Å². The molecule has 2 aromatic heterocycles. The zero-order chi connectivity index (χ0) is 49.3. The topological polar surface area (TPSA) is 165 Å². The summed E-state index contributed by atoms with van der Waals surface area (Å²) in [7, 11) is -1.14. The van der Waals surface area contributed by atoms with Crippen molar-refractivity contribution in [1.82, 2.24) is 30.1 Å². The number of benzene rings is 3. The predicted octanol–water partition coefficient (Wildman–Crippen LogP) is 8.31. The predicted molar refractivity (Wildman–Crippen MR) is 274 cm³/mol. The Labute approximate surface area is 415 Å². The fourth-order valence-electron chi connectivity index (χ4n) is 10.6. The molecule has 19 heteroatoms. The standard InChI is InChI=1S/C51H60BrF2N10O5P/c1-5-32-24-41(58-51-56-29-37(52)49(60-51)57-42-30-55-40-9-7-6-8-35(40)48(42)70(3,4)68)44(69-2)28-43(32)64-19-15-33(27-46(64)66)63-22-20-61(21-23-63)16-12-31-13-17-62(18-14-31)34-25-38(53)47(39(54)26-34)36-10-11-45(65)59-50(36)67/h6-9,24-26,28-31,33,36H,5,10-23,27H2,1-4H3,(H,59,65,67)(H2,56,57,58,60). The molecule has 4 aliphatic heterocycles. The van der Waals surface area contributed by atoms with Crippen LogP contribution < -0.4 is 35.8 Å². The largest absolute Gasteiger partial charge is 0.494 e. The van der Waals surface area contributed by atoms with Crippen molar-refractivity contribution in [3.63, 3.8) is 0 Å². The summed E-state index contributed by atoms with van der Waals surface area (Å²) in [5, 5.41) is 10.4. The number of aromatic nitrogens is 3. The number of anilines is 6. The lowest BCUT2D eigenvalue weighted by Gasteiger charge is -2.43. The number of para-hydroxylation sites is 1. The molecule has 0 bridgehead atoms. The highest BCUT2D eigenvalue weighted by atomic mass is 79.9. The number of fused-ring (bicyclic) bond motifs is 1. The summed E-state index contributed by atoms with van der Waals surface area (Å²) >= 11 is 3.58. The van der Waals surface area contributed by atoms with E-state index >= 15 is 8.78 Å². The molecule has 3 amide bonds. The van der Waals surface area contributed by atoms with Gasteiger partial charge in [0.2, 0.25) is 23.7 Å². The van der Waals surface area contributed by atoms with Crippen LogP contribution in [-0.2, 0) is 25.4 Å². The van der Waals surface area contributed by atoms with Crippen LogP contribution in [0.4, 0.5) is 43.3 Å². The van der Waals surface area contributed by atoms with E-state index in [4.69, 9.17) is 9.72 Å². The Hall–Kier alpha value is -5.55. The highest BCUT2D eigenvalue weighted by Crippen LogP contribution is 2.42. The van der Waals surface area contributed by atoms with Crippen LogP contribution in [0.3, 0.4) is 0 Å². The van der Waals surface area contributed by atoms with Crippen LogP contribution in [0.15, 0.2) is 65.4 Å². The first kappa shape index (κ1) is 49.4. The molecule has 70 heavy (non-hydrogen) atoms. The molecule has 0 saturated carbocycles. The van der Waals surface area contributed by atoms with Gasteiger partial charge in [-0.15, -0.1) is 0 Å². The number of nitrogens with zero attached hydrogens (tertiary/aromatic N) is 7. The molecule has 4 saturated heterocycles. The minimum atomic E-state index is -2.75. The zero-order valence-corrected chi connectivity index (χ0v) is 42.6. The highest BCUT2D eigenvalue weighted by molar-refractivity contribution is 9.10. The molecule has 0 aliphatic carbocycles. The van der Waals surface area contributed by atoms with Gasteiger partial charge >= 0.3 is 0 Å². The average molecular weight is 1040 g/mol. The lowest BCUT2D eigenvalue weighted by atomic mass is 9.89. The first-order valence-corrected chi connectivity index (χ1v) is 27.6. The van der Waals surface area contributed by atoms with Crippen molar-refractivity contribution < 1.29 is 32.5 Å². The van der Waals surface area contributed by atoms with Gasteiger partial charge in [0.05, 0.1) is 46.3 Å². The summed E-state index contributed by atoms with van der Waals surface area (Å²) in [6.45, 7) is 12.3. The molecule has 6 heterocycles. The van der Waals surface area contributed by atoms with Gasteiger partial charge in [0, 0.05) is 98.9 Å². The lowest BCUT2D eigenvalue weighted by molar-refractivity contribution is -0.134. The SMILES string of the molecule is CCc1cc(Nc2ncc(Br)c(Nc3cnc4ccccc4c3P(C)(C)=O)n2)c(OC)cc1N1CCC(N2CCN(CCC3CCN(c4cc(F)c(C5CCC(=O)NC5=O)c(F)c4)CC3)CC2)CC1=O. The van der Waals surface area contributed by atoms with Crippen LogP contribution in [0, 0.1) is 17.6 Å². The van der Waals surface area contributed by atoms with E-state index < -0.39 is 36.5 Å². The average Bonchev–Trinajstić information content (AvgIpc) is 3.34. The van der Waals surface area contributed by atoms with Crippen LogP contribution in [0.5, 0.6) is 5.75 Å². The molecule has 2 atom stereocenters. The van der Waals surface area contributed by atoms with E-state index in [9.17, 15) is 18.9 Å². The number of rotatable bonds is 14. The van der Waals surface area contributed by atoms with E-state index in [0.29, 0.717) is 82.7 Å². The Morgan fingerprint density at radius 1 is 0.886 bits per heavy atom. The number of piperidine rings is 3. The summed E-state index contributed by atoms with van der Waals surface area (Å²) in [5.74, 6) is -1.63. The Balaban J connectivity index is 0.764. The number of pyridine rings is 1. The number of methoxy groups -OCH3 is 1. The molecule has 2 unspecified atom stereocenters. The Morgan fingerprint density at radius 3 is 2.31 bits per heavy atom. The minimum Gasteiger partial charge on any atom is -0.494 e. The van der Waals surface area contributed by atoms with Crippen LogP contribution in [0.25, 0.3) is 10.9 Å². The zero-order valence-electron chi connectivity index (χ0n) is 40.1. The van der Waals surface area contributed by atoms with Gasteiger partial charge in [-0.05, 0) is 110 Å². The van der Waals surface area contributed by atoms with Crippen LogP contribution >= 0.6 is 23.1 Å². The molecule has 4 fully saturated rings. The van der Waals surface area contributed by atoms with Gasteiger partial charge in [-0.2, -0.15) is 4.98 Å². The van der Waals surface area contributed by atoms with Crippen molar-refractivity contribution in [3.05, 3.63) is 88.2 Å². The maximum Gasteiger partial charge on any atom is 0.234 e. The maximum absolute atomic E-state index is 15.2.